The zero-order chi connectivity index (χ0) is 24.5. The molecule has 2 aromatic carbocycles. The largest absolute Gasteiger partial charge is 0.490 e. The van der Waals surface area contributed by atoms with Gasteiger partial charge in [0, 0.05) is 0 Å². The van der Waals surface area contributed by atoms with Crippen molar-refractivity contribution in [2.75, 3.05) is 13.2 Å². The Morgan fingerprint density at radius 2 is 1.76 bits per heavy atom. The third kappa shape index (κ3) is 6.78. The molecule has 6 heteroatoms. The van der Waals surface area contributed by atoms with E-state index >= 15 is 0 Å². The maximum atomic E-state index is 14.7. The number of hydrogen-bond acceptors (Lipinski definition) is 3. The van der Waals surface area contributed by atoms with E-state index in [9.17, 15) is 18.3 Å². The van der Waals surface area contributed by atoms with Crippen molar-refractivity contribution < 1.29 is 27.8 Å². The van der Waals surface area contributed by atoms with Gasteiger partial charge >= 0.3 is 0 Å². The van der Waals surface area contributed by atoms with Gasteiger partial charge in [0.25, 0.3) is 0 Å². The van der Waals surface area contributed by atoms with E-state index < -0.39 is 23.6 Å². The summed E-state index contributed by atoms with van der Waals surface area (Å²) in [5.74, 6) is -1.95. The van der Waals surface area contributed by atoms with Crippen LogP contribution in [0.2, 0.25) is 0 Å². The highest BCUT2D eigenvalue weighted by Gasteiger charge is 2.27. The molecule has 1 atom stereocenters. The first-order valence-corrected chi connectivity index (χ1v) is 12.3. The fraction of sp³-hybridized carbons (Fsp3) is 0.500. The lowest BCUT2D eigenvalue weighted by atomic mass is 9.79. The summed E-state index contributed by atoms with van der Waals surface area (Å²) in [5.41, 5.74) is 0.942. The summed E-state index contributed by atoms with van der Waals surface area (Å²) in [6, 6.07) is 7.73. The Bertz CT molecular complexity index is 939. The van der Waals surface area contributed by atoms with Gasteiger partial charge < -0.3 is 14.6 Å². The molecule has 0 spiro atoms. The van der Waals surface area contributed by atoms with E-state index in [2.05, 4.69) is 6.58 Å². The van der Waals surface area contributed by atoms with Crippen LogP contribution < -0.4 is 9.47 Å². The normalized spacial score (nSPS) is 19.0. The van der Waals surface area contributed by atoms with E-state index in [1.165, 1.54) is 12.1 Å². The topological polar surface area (TPSA) is 38.7 Å². The van der Waals surface area contributed by atoms with E-state index in [-0.39, 0.29) is 23.3 Å². The monoisotopic (exact) mass is 476 g/mol. The van der Waals surface area contributed by atoms with Crippen molar-refractivity contribution in [3.8, 4) is 11.5 Å². The molecule has 0 radical (unpaired) electrons. The summed E-state index contributed by atoms with van der Waals surface area (Å²) in [7, 11) is 0. The molecule has 0 heterocycles. The van der Waals surface area contributed by atoms with Crippen LogP contribution >= 0.6 is 0 Å². The lowest BCUT2D eigenvalue weighted by Crippen LogP contribution is -2.20. The fourth-order valence-corrected chi connectivity index (χ4v) is 4.51. The molecule has 0 bridgehead atoms. The third-order valence-electron chi connectivity index (χ3n) is 6.55. The van der Waals surface area contributed by atoms with Crippen LogP contribution in [0.3, 0.4) is 0 Å². The Labute approximate surface area is 200 Å². The highest BCUT2D eigenvalue weighted by Crippen LogP contribution is 2.39. The van der Waals surface area contributed by atoms with Crippen LogP contribution in [0.25, 0.3) is 0 Å². The summed E-state index contributed by atoms with van der Waals surface area (Å²) in [6.45, 7) is 6.28. The number of hydrogen-bond donors (Lipinski definition) is 1. The zero-order valence-corrected chi connectivity index (χ0v) is 19.9. The number of halogens is 3. The van der Waals surface area contributed by atoms with Gasteiger partial charge in [0.15, 0.2) is 23.1 Å². The maximum absolute atomic E-state index is 14.7. The highest BCUT2D eigenvalue weighted by atomic mass is 19.2. The highest BCUT2D eigenvalue weighted by molar-refractivity contribution is 5.33. The number of allylic oxidation sites excluding steroid dienone is 1. The van der Waals surface area contributed by atoms with Gasteiger partial charge in [-0.05, 0) is 86.1 Å². The minimum Gasteiger partial charge on any atom is -0.490 e. The number of benzene rings is 2. The van der Waals surface area contributed by atoms with Crippen LogP contribution in [-0.4, -0.2) is 18.3 Å². The first-order chi connectivity index (χ1) is 16.4. The molecule has 0 amide bonds. The first kappa shape index (κ1) is 26.1. The molecule has 3 nitrogen and oxygen atoms in total. The van der Waals surface area contributed by atoms with Gasteiger partial charge in [0.1, 0.15) is 0 Å². The molecule has 1 aliphatic carbocycles. The Morgan fingerprint density at radius 1 is 1.03 bits per heavy atom. The summed E-state index contributed by atoms with van der Waals surface area (Å²) >= 11 is 0. The van der Waals surface area contributed by atoms with Crippen LogP contribution in [-0.2, 0) is 0 Å². The SMILES string of the molecule is C=CCCCOc1ccc(C2CCC(COc3ccc(C(O)CCC)cc3F)CC2)c(F)c1F. The van der Waals surface area contributed by atoms with E-state index in [1.807, 2.05) is 6.92 Å². The van der Waals surface area contributed by atoms with Crippen molar-refractivity contribution in [1.82, 2.24) is 0 Å². The Morgan fingerprint density at radius 3 is 2.44 bits per heavy atom. The van der Waals surface area contributed by atoms with Gasteiger partial charge in [-0.3, -0.25) is 0 Å². The van der Waals surface area contributed by atoms with Crippen molar-refractivity contribution in [1.29, 1.82) is 0 Å². The number of rotatable bonds is 12. The molecule has 3 rings (SSSR count). The van der Waals surface area contributed by atoms with Gasteiger partial charge in [-0.1, -0.05) is 31.6 Å². The van der Waals surface area contributed by atoms with Gasteiger partial charge in [-0.25, -0.2) is 8.78 Å². The Hall–Kier alpha value is -2.47. The summed E-state index contributed by atoms with van der Waals surface area (Å²) in [4.78, 5) is 0. The van der Waals surface area contributed by atoms with Crippen LogP contribution in [0.4, 0.5) is 13.2 Å². The number of aliphatic hydroxyl groups excluding tert-OH is 1. The minimum absolute atomic E-state index is 0.0531. The molecule has 34 heavy (non-hydrogen) atoms. The standard InChI is InChI=1S/C28H35F3O3/c1-3-5-6-16-33-26-15-13-22(27(30)28(26)31)20-10-8-19(9-11-20)18-34-25-14-12-21(17-23(25)29)24(32)7-4-2/h3,12-15,17,19-20,24,32H,1,4-11,16,18H2,2H3. The molecule has 0 saturated heterocycles. The second-order valence-corrected chi connectivity index (χ2v) is 9.08. The average Bonchev–Trinajstić information content (AvgIpc) is 2.84. The maximum Gasteiger partial charge on any atom is 0.200 e. The van der Waals surface area contributed by atoms with Crippen molar-refractivity contribution in [3.05, 3.63) is 71.6 Å². The average molecular weight is 477 g/mol. The summed E-state index contributed by atoms with van der Waals surface area (Å²) in [6.07, 6.45) is 6.96. The molecular formula is C28H35F3O3. The molecule has 1 saturated carbocycles. The van der Waals surface area contributed by atoms with Gasteiger partial charge in [-0.15, -0.1) is 6.58 Å². The second kappa shape index (κ2) is 12.8. The van der Waals surface area contributed by atoms with Crippen molar-refractivity contribution in [2.24, 2.45) is 5.92 Å². The Balaban J connectivity index is 1.51. The van der Waals surface area contributed by atoms with Crippen LogP contribution in [0.1, 0.15) is 81.4 Å². The molecule has 186 valence electrons. The van der Waals surface area contributed by atoms with Crippen LogP contribution in [0.5, 0.6) is 11.5 Å². The number of unbranched alkanes of at least 4 members (excludes halogenated alkanes) is 1. The van der Waals surface area contributed by atoms with Crippen LogP contribution in [0.15, 0.2) is 43.0 Å². The van der Waals surface area contributed by atoms with Gasteiger partial charge in [0.2, 0.25) is 5.82 Å². The van der Waals surface area contributed by atoms with E-state index in [0.717, 1.165) is 25.7 Å². The summed E-state index contributed by atoms with van der Waals surface area (Å²) in [5, 5.41) is 10.0. The fourth-order valence-electron chi connectivity index (χ4n) is 4.51. The number of aliphatic hydroxyl groups is 1. The predicted molar refractivity (Wildman–Crippen MR) is 128 cm³/mol. The molecular weight excluding hydrogens is 441 g/mol. The molecule has 1 N–H and O–H groups in total. The van der Waals surface area contributed by atoms with E-state index in [4.69, 9.17) is 9.47 Å². The van der Waals surface area contributed by atoms with Crippen LogP contribution in [0, 0.1) is 23.4 Å². The minimum atomic E-state index is -0.926. The first-order valence-electron chi connectivity index (χ1n) is 12.3. The van der Waals surface area contributed by atoms with E-state index in [1.54, 1.807) is 24.3 Å². The molecule has 0 aromatic heterocycles. The van der Waals surface area contributed by atoms with Gasteiger partial charge in [-0.2, -0.15) is 4.39 Å². The molecule has 0 aliphatic heterocycles. The van der Waals surface area contributed by atoms with Crippen molar-refractivity contribution >= 4 is 0 Å². The smallest absolute Gasteiger partial charge is 0.200 e. The lowest BCUT2D eigenvalue weighted by Gasteiger charge is -2.29. The molecule has 1 fully saturated rings. The second-order valence-electron chi connectivity index (χ2n) is 9.08. The lowest BCUT2D eigenvalue weighted by molar-refractivity contribution is 0.165. The van der Waals surface area contributed by atoms with Gasteiger partial charge in [0.05, 0.1) is 19.3 Å². The molecule has 1 aliphatic rings. The molecule has 1 unspecified atom stereocenters. The summed E-state index contributed by atoms with van der Waals surface area (Å²) < 4.78 is 54.7. The molecule has 2 aromatic rings. The predicted octanol–water partition coefficient (Wildman–Crippen LogP) is 7.64. The zero-order valence-electron chi connectivity index (χ0n) is 19.9. The Kier molecular flexibility index (Phi) is 9.87. The number of ether oxygens (including phenoxy) is 2. The van der Waals surface area contributed by atoms with Crippen molar-refractivity contribution in [2.45, 2.75) is 70.3 Å². The third-order valence-corrected chi connectivity index (χ3v) is 6.55. The van der Waals surface area contributed by atoms with Crippen molar-refractivity contribution in [3.63, 3.8) is 0 Å². The van der Waals surface area contributed by atoms with E-state index in [0.29, 0.717) is 50.0 Å². The quantitative estimate of drug-likeness (QED) is 0.253.